The minimum atomic E-state index is -1.23. The van der Waals surface area contributed by atoms with Gasteiger partial charge in [-0.15, -0.1) is 0 Å². The van der Waals surface area contributed by atoms with E-state index in [1.807, 2.05) is 12.1 Å². The number of esters is 2. The van der Waals surface area contributed by atoms with Crippen molar-refractivity contribution in [2.24, 2.45) is 5.73 Å². The quantitative estimate of drug-likeness (QED) is 0.0847. The lowest BCUT2D eigenvalue weighted by atomic mass is 10.1. The van der Waals surface area contributed by atoms with Gasteiger partial charge in [-0.3, -0.25) is 4.79 Å². The zero-order valence-electron chi connectivity index (χ0n) is 31.4. The number of ether oxygens (including phenoxy) is 4. The van der Waals surface area contributed by atoms with Crippen molar-refractivity contribution in [3.63, 3.8) is 0 Å². The first kappa shape index (κ1) is 46.9. The molecule has 4 N–H and O–H groups in total. The third kappa shape index (κ3) is 14.1. The van der Waals surface area contributed by atoms with E-state index in [2.05, 4.69) is 14.8 Å². The maximum atomic E-state index is 13.7. The van der Waals surface area contributed by atoms with E-state index >= 15 is 0 Å². The first-order valence-corrected chi connectivity index (χ1v) is 17.3. The molecule has 0 aliphatic carbocycles. The molecule has 11 nitrogen and oxygen atoms in total. The van der Waals surface area contributed by atoms with E-state index in [0.29, 0.717) is 17.7 Å². The summed E-state index contributed by atoms with van der Waals surface area (Å²) in [4.78, 5) is 45.9. The molecule has 0 aliphatic heterocycles. The summed E-state index contributed by atoms with van der Waals surface area (Å²) < 4.78 is 72.4. The molecule has 0 saturated heterocycles. The van der Waals surface area contributed by atoms with Gasteiger partial charge in [0.2, 0.25) is 0 Å². The molecule has 0 fully saturated rings. The SMILES string of the molecule is C.COC(=O)c1ccc(CN)cc1.COC(=O)c1ccc(CNC(=O)c2ccc(F)cc2Oc2ccc(F)cc2)cc1.O=C(O)c1ccc(F)cc1Oc1ccc(F)cc1. The summed E-state index contributed by atoms with van der Waals surface area (Å²) in [5, 5.41) is 11.6. The molecule has 0 spiro atoms. The minimum absolute atomic E-state index is 0. The van der Waals surface area contributed by atoms with E-state index < -0.39 is 41.1 Å². The van der Waals surface area contributed by atoms with Crippen LogP contribution in [-0.2, 0) is 22.6 Å². The van der Waals surface area contributed by atoms with Gasteiger partial charge in [0.25, 0.3) is 5.91 Å². The van der Waals surface area contributed by atoms with Crippen LogP contribution in [0.5, 0.6) is 23.0 Å². The summed E-state index contributed by atoms with van der Waals surface area (Å²) in [5.74, 6) is -4.17. The Bertz CT molecular complexity index is 2360. The smallest absolute Gasteiger partial charge is 0.339 e. The highest BCUT2D eigenvalue weighted by atomic mass is 19.1. The van der Waals surface area contributed by atoms with Gasteiger partial charge in [0.05, 0.1) is 30.9 Å². The number of aromatic carboxylic acids is 1. The molecule has 6 aromatic carbocycles. The highest BCUT2D eigenvalue weighted by Crippen LogP contribution is 2.28. The Labute approximate surface area is 342 Å². The summed E-state index contributed by atoms with van der Waals surface area (Å²) >= 11 is 0. The molecule has 60 heavy (non-hydrogen) atoms. The van der Waals surface area contributed by atoms with Gasteiger partial charge >= 0.3 is 17.9 Å². The number of carboxylic acids is 1. The highest BCUT2D eigenvalue weighted by molar-refractivity contribution is 5.97. The van der Waals surface area contributed by atoms with Gasteiger partial charge in [0.1, 0.15) is 51.8 Å². The molecule has 312 valence electrons. The second-order valence-corrected chi connectivity index (χ2v) is 12.0. The van der Waals surface area contributed by atoms with E-state index in [0.717, 1.165) is 53.6 Å². The van der Waals surface area contributed by atoms with Crippen molar-refractivity contribution in [2.75, 3.05) is 14.2 Å². The molecule has 1 amide bonds. The van der Waals surface area contributed by atoms with Crippen molar-refractivity contribution in [1.29, 1.82) is 0 Å². The lowest BCUT2D eigenvalue weighted by Crippen LogP contribution is -2.23. The van der Waals surface area contributed by atoms with Crippen LogP contribution in [0.4, 0.5) is 17.6 Å². The normalized spacial score (nSPS) is 9.92. The number of carbonyl (C=O) groups excluding carboxylic acids is 3. The number of hydrogen-bond donors (Lipinski definition) is 3. The maximum Gasteiger partial charge on any atom is 0.339 e. The molecule has 6 aromatic rings. The zero-order chi connectivity index (χ0) is 42.9. The molecular formula is C45H40F4N2O9. The van der Waals surface area contributed by atoms with Gasteiger partial charge < -0.3 is 35.1 Å². The van der Waals surface area contributed by atoms with Crippen molar-refractivity contribution < 1.29 is 60.8 Å². The predicted octanol–water partition coefficient (Wildman–Crippen LogP) is 9.50. The summed E-state index contributed by atoms with van der Waals surface area (Å²) in [6.45, 7) is 0.676. The van der Waals surface area contributed by atoms with Gasteiger partial charge in [0, 0.05) is 25.2 Å². The summed E-state index contributed by atoms with van der Waals surface area (Å²) in [6, 6.07) is 30.4. The molecule has 0 radical (unpaired) electrons. The third-order valence-corrected chi connectivity index (χ3v) is 7.88. The van der Waals surface area contributed by atoms with Crippen molar-refractivity contribution in [1.82, 2.24) is 5.32 Å². The van der Waals surface area contributed by atoms with Crippen LogP contribution in [0, 0.1) is 23.3 Å². The van der Waals surface area contributed by atoms with Crippen LogP contribution in [-0.4, -0.2) is 43.1 Å². The first-order valence-electron chi connectivity index (χ1n) is 17.3. The van der Waals surface area contributed by atoms with Gasteiger partial charge in [-0.2, -0.15) is 0 Å². The van der Waals surface area contributed by atoms with Crippen LogP contribution in [0.25, 0.3) is 0 Å². The number of carboxylic acid groups (broad SMARTS) is 1. The molecule has 0 atom stereocenters. The number of rotatable bonds is 11. The molecule has 0 heterocycles. The lowest BCUT2D eigenvalue weighted by molar-refractivity contribution is 0.0592. The molecule has 0 aromatic heterocycles. The minimum Gasteiger partial charge on any atom is -0.478 e. The molecule has 0 saturated carbocycles. The third-order valence-electron chi connectivity index (χ3n) is 7.88. The number of carbonyl (C=O) groups is 4. The van der Waals surface area contributed by atoms with E-state index in [-0.39, 0.29) is 54.1 Å². The summed E-state index contributed by atoms with van der Waals surface area (Å²) in [7, 11) is 2.66. The van der Waals surface area contributed by atoms with E-state index in [9.17, 15) is 36.7 Å². The summed E-state index contributed by atoms with van der Waals surface area (Å²) in [6.07, 6.45) is 0. The Balaban J connectivity index is 0.000000264. The molecule has 6 rings (SSSR count). The average Bonchev–Trinajstić information content (AvgIpc) is 3.24. The Morgan fingerprint density at radius 2 is 0.933 bits per heavy atom. The van der Waals surface area contributed by atoms with Crippen molar-refractivity contribution in [3.8, 4) is 23.0 Å². The fourth-order valence-electron chi connectivity index (χ4n) is 4.83. The van der Waals surface area contributed by atoms with Gasteiger partial charge in [-0.1, -0.05) is 31.7 Å². The Morgan fingerprint density at radius 3 is 1.33 bits per heavy atom. The fraction of sp³-hybridized carbons (Fsp3) is 0.111. The van der Waals surface area contributed by atoms with Gasteiger partial charge in [-0.25, -0.2) is 31.9 Å². The van der Waals surface area contributed by atoms with Gasteiger partial charge in [0.15, 0.2) is 0 Å². The average molecular weight is 829 g/mol. The fourth-order valence-corrected chi connectivity index (χ4v) is 4.83. The number of nitrogens with two attached hydrogens (primary N) is 1. The van der Waals surface area contributed by atoms with Crippen LogP contribution in [0.3, 0.4) is 0 Å². The van der Waals surface area contributed by atoms with Gasteiger partial charge in [-0.05, 0) is 108 Å². The molecule has 0 bridgehead atoms. The number of benzene rings is 6. The second kappa shape index (κ2) is 23.0. The Morgan fingerprint density at radius 1 is 0.550 bits per heavy atom. The van der Waals surface area contributed by atoms with Crippen LogP contribution >= 0.6 is 0 Å². The molecule has 0 unspecified atom stereocenters. The number of halogens is 4. The molecule has 0 aliphatic rings. The Hall–Kier alpha value is -7.52. The van der Waals surface area contributed by atoms with E-state index in [1.165, 1.54) is 56.7 Å². The largest absolute Gasteiger partial charge is 0.478 e. The van der Waals surface area contributed by atoms with Crippen molar-refractivity contribution in [3.05, 3.63) is 190 Å². The van der Waals surface area contributed by atoms with Crippen LogP contribution < -0.4 is 20.5 Å². The Kier molecular flexibility index (Phi) is 18.0. The summed E-state index contributed by atoms with van der Waals surface area (Å²) in [5.41, 5.74) is 8.06. The zero-order valence-corrected chi connectivity index (χ0v) is 31.4. The predicted molar refractivity (Wildman–Crippen MR) is 214 cm³/mol. The van der Waals surface area contributed by atoms with E-state index in [1.54, 1.807) is 36.4 Å². The maximum absolute atomic E-state index is 13.7. The van der Waals surface area contributed by atoms with Crippen LogP contribution in [0.1, 0.15) is 60.0 Å². The first-order chi connectivity index (χ1) is 28.3. The number of amides is 1. The second-order valence-electron chi connectivity index (χ2n) is 12.0. The topological polar surface area (TPSA) is 163 Å². The standard InChI is InChI=1S/C22H17F2NO4.C13H8F2O3.C9H11NO2.CH4/c1-28-22(27)15-4-2-14(3-5-15)13-25-21(26)19-11-8-17(24)12-20(19)29-18-9-6-16(23)7-10-18;14-8-1-4-10(5-2-8)18-12-7-9(15)3-6-11(12)13(16)17;1-12-9(11)8-4-2-7(6-10)3-5-8;/h2-12H,13H2,1H3,(H,25,26);1-7H,(H,16,17);2-5H,6,10H2,1H3;1H4. The van der Waals surface area contributed by atoms with Crippen molar-refractivity contribution >= 4 is 23.8 Å². The molecule has 15 heteroatoms. The lowest BCUT2D eigenvalue weighted by Gasteiger charge is -2.12. The highest BCUT2D eigenvalue weighted by Gasteiger charge is 2.16. The van der Waals surface area contributed by atoms with E-state index in [4.69, 9.17) is 20.3 Å². The number of hydrogen-bond acceptors (Lipinski definition) is 9. The van der Waals surface area contributed by atoms with Crippen LogP contribution in [0.2, 0.25) is 0 Å². The number of methoxy groups -OCH3 is 2. The van der Waals surface area contributed by atoms with Crippen LogP contribution in [0.15, 0.2) is 133 Å². The monoisotopic (exact) mass is 828 g/mol. The van der Waals surface area contributed by atoms with Crippen molar-refractivity contribution in [2.45, 2.75) is 20.5 Å². The number of nitrogens with one attached hydrogen (secondary N) is 1. The molecular weight excluding hydrogens is 788 g/mol.